The number of fused-ring (bicyclic) bond motifs is 6. The number of benzene rings is 1. The van der Waals surface area contributed by atoms with Crippen LogP contribution in [0.25, 0.3) is 32.2 Å². The van der Waals surface area contributed by atoms with Gasteiger partial charge in [-0.15, -0.1) is 11.3 Å². The van der Waals surface area contributed by atoms with E-state index in [9.17, 15) is 9.65 Å². The molecule has 4 atom stereocenters. The van der Waals surface area contributed by atoms with Gasteiger partial charge in [0.15, 0.2) is 11.6 Å². The van der Waals surface area contributed by atoms with Crippen LogP contribution in [0.2, 0.25) is 0 Å². The molecule has 8 rings (SSSR count). The zero-order valence-corrected chi connectivity index (χ0v) is 30.9. The van der Waals surface area contributed by atoms with Gasteiger partial charge < -0.3 is 29.6 Å². The molecule has 3 fully saturated rings. The molecule has 4 aliphatic rings. The molecule has 268 valence electrons. The lowest BCUT2D eigenvalue weighted by molar-refractivity contribution is 0.112. The maximum absolute atomic E-state index is 17.3. The zero-order valence-electron chi connectivity index (χ0n) is 29.3. The summed E-state index contributed by atoms with van der Waals surface area (Å²) in [5.74, 6) is -0.564. The van der Waals surface area contributed by atoms with Crippen molar-refractivity contribution < 1.29 is 22.8 Å². The molecule has 0 saturated carbocycles. The minimum atomic E-state index is -0.621. The first-order valence-electron chi connectivity index (χ1n) is 17.1. The highest BCUT2D eigenvalue weighted by Gasteiger charge is 2.42. The van der Waals surface area contributed by atoms with Crippen LogP contribution >= 0.6 is 23.4 Å². The van der Waals surface area contributed by atoms with Crippen molar-refractivity contribution in [2.75, 3.05) is 50.6 Å². The van der Waals surface area contributed by atoms with Crippen molar-refractivity contribution in [2.24, 2.45) is 0 Å². The highest BCUT2D eigenvalue weighted by molar-refractivity contribution is 7.93. The Bertz CT molecular complexity index is 1920. The van der Waals surface area contributed by atoms with E-state index >= 15 is 4.39 Å². The van der Waals surface area contributed by atoms with E-state index in [0.29, 0.717) is 16.8 Å². The summed E-state index contributed by atoms with van der Waals surface area (Å²) in [6, 6.07) is 2.86. The Kier molecular flexibility index (Phi) is 11.0. The van der Waals surface area contributed by atoms with Gasteiger partial charge in [-0.2, -0.15) is 15.2 Å². The molecule has 3 aromatic heterocycles. The molecule has 0 spiro atoms. The Balaban J connectivity index is 0.000000822. The third-order valence-electron chi connectivity index (χ3n) is 10.1. The van der Waals surface area contributed by atoms with Gasteiger partial charge in [0.2, 0.25) is 0 Å². The molecule has 3 N–H and O–H groups in total. The van der Waals surface area contributed by atoms with Crippen LogP contribution in [0.3, 0.4) is 0 Å². The normalized spacial score (nSPS) is 22.2. The molecule has 3 saturated heterocycles. The van der Waals surface area contributed by atoms with Crippen molar-refractivity contribution in [3.63, 3.8) is 0 Å². The summed E-state index contributed by atoms with van der Waals surface area (Å²) < 4.78 is 52.3. The number of rotatable bonds is 5. The number of hydrogen-bond donors (Lipinski definition) is 2. The minimum absolute atomic E-state index is 0.0834. The van der Waals surface area contributed by atoms with Gasteiger partial charge in [0.05, 0.1) is 40.8 Å². The number of halogens is 2. The monoisotopic (exact) mass is 726 g/mol. The largest absolute Gasteiger partial charge is 0.459 e. The lowest BCUT2D eigenvalue weighted by Crippen LogP contribution is -2.53. The van der Waals surface area contributed by atoms with Crippen LogP contribution in [0.5, 0.6) is 6.01 Å². The summed E-state index contributed by atoms with van der Waals surface area (Å²) in [4.78, 5) is 21.1. The number of anilines is 2. The van der Waals surface area contributed by atoms with Crippen LogP contribution in [-0.2, 0) is 18.0 Å². The standard InChI is InChI=1S/C32H34F2N8O2S.C2H6.CH4OS/c1-15(22-5-4-8-41(22)3)44-32-38-28-25(31(39-32)42-16-6-7-17(42)12-40(2)11-16)20-14-43-13-19(20)23(26(28)34)27-24-18(9-35)30(36)45-29(24)21(33)10-37-27;1-2;1-3-2/h10,15-17,22H,4-8,11-14,36H2,1-3H3;1-2H3;2H,1H3. The van der Waals surface area contributed by atoms with Crippen LogP contribution in [0.4, 0.5) is 19.6 Å². The van der Waals surface area contributed by atoms with Gasteiger partial charge in [0.25, 0.3) is 0 Å². The van der Waals surface area contributed by atoms with E-state index in [-0.39, 0.29) is 80.9 Å². The average Bonchev–Trinajstić information content (AvgIpc) is 3.88. The smallest absolute Gasteiger partial charge is 0.319 e. The number of nitrogens with two attached hydrogens (primary N) is 1. The van der Waals surface area contributed by atoms with Gasteiger partial charge in [-0.1, -0.05) is 13.8 Å². The van der Waals surface area contributed by atoms with Crippen LogP contribution in [-0.4, -0.2) is 93.5 Å². The lowest BCUT2D eigenvalue weighted by Gasteiger charge is -2.41. The second-order valence-electron chi connectivity index (χ2n) is 13.0. The molecule has 4 aliphatic heterocycles. The number of nitrogens with zero attached hydrogens (tertiary/aromatic N) is 7. The van der Waals surface area contributed by atoms with Gasteiger partial charge in [-0.25, -0.2) is 8.78 Å². The molecule has 15 heteroatoms. The van der Waals surface area contributed by atoms with Crippen molar-refractivity contribution in [2.45, 2.75) is 83.9 Å². The molecule has 4 aromatic rings. The predicted molar refractivity (Wildman–Crippen MR) is 196 cm³/mol. The topological polar surface area (TPSA) is 137 Å². The van der Waals surface area contributed by atoms with E-state index in [1.807, 2.05) is 20.8 Å². The number of piperazine rings is 1. The Morgan fingerprint density at radius 3 is 2.44 bits per heavy atom. The fourth-order valence-corrected chi connectivity index (χ4v) is 9.02. The molecule has 0 amide bonds. The SMILES string of the molecule is CC.CC(Oc1nc(N2C3CCC2CN(C)C3)c2c3c(c(-c4ncc(F)c5sc(N)c(C#N)c45)c(F)c2n1)COC3)C1CCCN1C.CSO. The van der Waals surface area contributed by atoms with Crippen molar-refractivity contribution >= 4 is 55.2 Å². The molecule has 4 unspecified atom stereocenters. The molecule has 7 heterocycles. The summed E-state index contributed by atoms with van der Waals surface area (Å²) in [6.45, 7) is 9.15. The number of nitriles is 1. The second-order valence-corrected chi connectivity index (χ2v) is 14.4. The summed E-state index contributed by atoms with van der Waals surface area (Å²) in [6.07, 6.45) is 6.58. The summed E-state index contributed by atoms with van der Waals surface area (Å²) in [5.41, 5.74) is 8.01. The molecule has 50 heavy (non-hydrogen) atoms. The minimum Gasteiger partial charge on any atom is -0.459 e. The molecule has 0 aliphatic carbocycles. The van der Waals surface area contributed by atoms with Crippen LogP contribution in [0.1, 0.15) is 63.1 Å². The number of pyridine rings is 1. The maximum Gasteiger partial charge on any atom is 0.319 e. The number of nitrogen functional groups attached to an aromatic ring is 1. The van der Waals surface area contributed by atoms with Gasteiger partial charge in [0, 0.05) is 48.4 Å². The quantitative estimate of drug-likeness (QED) is 0.213. The van der Waals surface area contributed by atoms with Crippen molar-refractivity contribution in [1.82, 2.24) is 24.8 Å². The third-order valence-corrected chi connectivity index (χ3v) is 11.1. The summed E-state index contributed by atoms with van der Waals surface area (Å²) >= 11 is 1.71. The lowest BCUT2D eigenvalue weighted by atomic mass is 9.93. The van der Waals surface area contributed by atoms with Gasteiger partial charge in [-0.05, 0) is 76.4 Å². The van der Waals surface area contributed by atoms with Gasteiger partial charge >= 0.3 is 6.01 Å². The number of ether oxygens (including phenoxy) is 2. The van der Waals surface area contributed by atoms with Crippen LogP contribution in [0, 0.1) is 23.0 Å². The van der Waals surface area contributed by atoms with E-state index in [0.717, 1.165) is 80.5 Å². The molecular weight excluding hydrogens is 683 g/mol. The highest BCUT2D eigenvalue weighted by Crippen LogP contribution is 2.48. The first-order chi connectivity index (χ1) is 24.2. The number of likely N-dealkylation sites (tertiary alicyclic amines) is 2. The Morgan fingerprint density at radius 2 is 1.80 bits per heavy atom. The van der Waals surface area contributed by atoms with E-state index < -0.39 is 11.6 Å². The second kappa shape index (κ2) is 15.1. The van der Waals surface area contributed by atoms with Crippen LogP contribution in [0.15, 0.2) is 6.20 Å². The molecular formula is C35H44F2N8O3S2. The number of aromatic nitrogens is 3. The third kappa shape index (κ3) is 6.24. The Hall–Kier alpha value is -3.39. The molecule has 11 nitrogen and oxygen atoms in total. The zero-order chi connectivity index (χ0) is 35.9. The number of hydrogen-bond acceptors (Lipinski definition) is 13. The Morgan fingerprint density at radius 1 is 1.12 bits per heavy atom. The first-order valence-corrected chi connectivity index (χ1v) is 19.1. The highest BCUT2D eigenvalue weighted by atomic mass is 32.2. The van der Waals surface area contributed by atoms with Gasteiger partial charge in [-0.3, -0.25) is 9.88 Å². The van der Waals surface area contributed by atoms with Crippen molar-refractivity contribution in [3.05, 3.63) is 34.5 Å². The van der Waals surface area contributed by atoms with Gasteiger partial charge in [0.1, 0.15) is 28.5 Å². The first kappa shape index (κ1) is 36.4. The fraction of sp³-hybridized carbons (Fsp3) is 0.543. The fourth-order valence-electron chi connectivity index (χ4n) is 8.10. The maximum atomic E-state index is 17.3. The average molecular weight is 727 g/mol. The molecule has 0 radical (unpaired) electrons. The van der Waals surface area contributed by atoms with E-state index in [4.69, 9.17) is 29.7 Å². The molecule has 2 bridgehead atoms. The number of likely N-dealkylation sites (N-methyl/N-ethyl adjacent to an activating group) is 2. The van der Waals surface area contributed by atoms with E-state index in [1.165, 1.54) is 0 Å². The Labute approximate surface area is 299 Å². The van der Waals surface area contributed by atoms with E-state index in [1.54, 1.807) is 6.26 Å². The van der Waals surface area contributed by atoms with Crippen molar-refractivity contribution in [3.8, 4) is 23.3 Å². The van der Waals surface area contributed by atoms with Crippen molar-refractivity contribution in [1.29, 1.82) is 5.26 Å². The van der Waals surface area contributed by atoms with Crippen LogP contribution < -0.4 is 15.4 Å². The van der Waals surface area contributed by atoms with E-state index in [2.05, 4.69) is 39.8 Å². The molecule has 1 aromatic carbocycles. The summed E-state index contributed by atoms with van der Waals surface area (Å²) in [7, 11) is 4.22. The predicted octanol–water partition coefficient (Wildman–Crippen LogP) is 6.66. The summed E-state index contributed by atoms with van der Waals surface area (Å²) in [5, 5.41) is 10.9. The number of thiophene rings is 1.